The molecule has 3 aromatic carbocycles. The minimum atomic E-state index is -0.294. The van der Waals surface area contributed by atoms with Crippen LogP contribution in [0.1, 0.15) is 33.5 Å². The summed E-state index contributed by atoms with van der Waals surface area (Å²) in [7, 11) is 0. The molecule has 0 bridgehead atoms. The summed E-state index contributed by atoms with van der Waals surface area (Å²) in [4.78, 5) is 12.4. The van der Waals surface area contributed by atoms with E-state index in [1.54, 1.807) is 6.21 Å². The molecular formula is C28H29N3O2. The van der Waals surface area contributed by atoms with E-state index in [2.05, 4.69) is 64.5 Å². The first kappa shape index (κ1) is 22.3. The van der Waals surface area contributed by atoms with Crippen LogP contribution in [0.4, 0.5) is 0 Å². The van der Waals surface area contributed by atoms with Gasteiger partial charge in [0.1, 0.15) is 5.75 Å². The van der Waals surface area contributed by atoms with Crippen LogP contribution in [0.5, 0.6) is 5.75 Å². The normalized spacial score (nSPS) is 11.3. The van der Waals surface area contributed by atoms with Gasteiger partial charge in [0.05, 0.1) is 6.21 Å². The Morgan fingerprint density at radius 3 is 2.42 bits per heavy atom. The zero-order chi connectivity index (χ0) is 23.4. The van der Waals surface area contributed by atoms with Crippen molar-refractivity contribution in [2.75, 3.05) is 6.61 Å². The van der Waals surface area contributed by atoms with Gasteiger partial charge in [-0.05, 0) is 56.0 Å². The SMILES string of the molecule is Cc1ccc(C)c(OCC(=O)NN=Cc2c(C)n(Cc3ccccc3)c3ccccc23)c1C. The van der Waals surface area contributed by atoms with Crippen molar-refractivity contribution in [1.29, 1.82) is 0 Å². The van der Waals surface area contributed by atoms with Crippen molar-refractivity contribution < 1.29 is 9.53 Å². The first-order chi connectivity index (χ1) is 16.0. The fraction of sp³-hybridized carbons (Fsp3) is 0.214. The largest absolute Gasteiger partial charge is 0.483 e. The predicted molar refractivity (Wildman–Crippen MR) is 134 cm³/mol. The van der Waals surface area contributed by atoms with Crippen molar-refractivity contribution in [3.05, 3.63) is 100 Å². The topological polar surface area (TPSA) is 55.6 Å². The molecule has 33 heavy (non-hydrogen) atoms. The van der Waals surface area contributed by atoms with Gasteiger partial charge < -0.3 is 9.30 Å². The Morgan fingerprint density at radius 2 is 1.64 bits per heavy atom. The summed E-state index contributed by atoms with van der Waals surface area (Å²) >= 11 is 0. The average molecular weight is 440 g/mol. The number of ether oxygens (including phenoxy) is 1. The van der Waals surface area contributed by atoms with Gasteiger partial charge in [0.15, 0.2) is 6.61 Å². The molecule has 0 spiro atoms. The highest BCUT2D eigenvalue weighted by atomic mass is 16.5. The maximum Gasteiger partial charge on any atom is 0.277 e. The number of amides is 1. The lowest BCUT2D eigenvalue weighted by Gasteiger charge is -2.13. The van der Waals surface area contributed by atoms with E-state index in [1.165, 1.54) is 5.56 Å². The summed E-state index contributed by atoms with van der Waals surface area (Å²) in [5, 5.41) is 5.33. The third-order valence-corrected chi connectivity index (χ3v) is 6.07. The molecule has 168 valence electrons. The molecule has 0 saturated carbocycles. The van der Waals surface area contributed by atoms with E-state index in [-0.39, 0.29) is 12.5 Å². The number of hydrogen-bond acceptors (Lipinski definition) is 3. The zero-order valence-electron chi connectivity index (χ0n) is 19.6. The summed E-state index contributed by atoms with van der Waals surface area (Å²) in [5.41, 5.74) is 10.3. The Labute approximate surface area is 194 Å². The van der Waals surface area contributed by atoms with Crippen LogP contribution in [0.2, 0.25) is 0 Å². The minimum absolute atomic E-state index is 0.0861. The number of rotatable bonds is 7. The van der Waals surface area contributed by atoms with Gasteiger partial charge in [0.2, 0.25) is 0 Å². The number of nitrogens with zero attached hydrogens (tertiary/aromatic N) is 2. The molecular weight excluding hydrogens is 410 g/mol. The Kier molecular flexibility index (Phi) is 6.59. The van der Waals surface area contributed by atoms with Gasteiger partial charge in [-0.1, -0.05) is 60.7 Å². The number of benzene rings is 3. The number of carbonyl (C=O) groups excluding carboxylic acids is 1. The smallest absolute Gasteiger partial charge is 0.277 e. The summed E-state index contributed by atoms with van der Waals surface area (Å²) in [6.45, 7) is 8.78. The lowest BCUT2D eigenvalue weighted by Crippen LogP contribution is -2.25. The molecule has 0 fully saturated rings. The zero-order valence-corrected chi connectivity index (χ0v) is 19.6. The van der Waals surface area contributed by atoms with Gasteiger partial charge in [0.25, 0.3) is 5.91 Å². The molecule has 0 saturated heterocycles. The van der Waals surface area contributed by atoms with Gasteiger partial charge in [-0.2, -0.15) is 5.10 Å². The Bertz CT molecular complexity index is 1320. The second kappa shape index (κ2) is 9.74. The number of nitrogens with one attached hydrogen (secondary N) is 1. The molecule has 0 radical (unpaired) electrons. The van der Waals surface area contributed by atoms with E-state index >= 15 is 0 Å². The molecule has 5 nitrogen and oxygen atoms in total. The standard InChI is InChI=1S/C28H29N3O2/c1-19-14-15-20(2)28(21(19)3)33-18-27(32)30-29-16-25-22(4)31(17-23-10-6-5-7-11-23)26-13-9-8-12-24(25)26/h5-16H,17-18H2,1-4H3,(H,30,32). The van der Waals surface area contributed by atoms with Crippen molar-refractivity contribution in [3.63, 3.8) is 0 Å². The van der Waals surface area contributed by atoms with Crippen LogP contribution < -0.4 is 10.2 Å². The van der Waals surface area contributed by atoms with Crippen LogP contribution in [0.25, 0.3) is 10.9 Å². The Morgan fingerprint density at radius 1 is 0.939 bits per heavy atom. The lowest BCUT2D eigenvalue weighted by molar-refractivity contribution is -0.123. The molecule has 1 aromatic heterocycles. The van der Waals surface area contributed by atoms with Crippen molar-refractivity contribution in [1.82, 2.24) is 9.99 Å². The van der Waals surface area contributed by atoms with Crippen molar-refractivity contribution >= 4 is 23.0 Å². The van der Waals surface area contributed by atoms with E-state index in [0.717, 1.165) is 51.1 Å². The lowest BCUT2D eigenvalue weighted by atomic mass is 10.1. The quantitative estimate of drug-likeness (QED) is 0.307. The summed E-state index contributed by atoms with van der Waals surface area (Å²) < 4.78 is 8.07. The number of aryl methyl sites for hydroxylation is 2. The maximum absolute atomic E-state index is 12.4. The molecule has 0 aliphatic rings. The van der Waals surface area contributed by atoms with Crippen LogP contribution in [0.15, 0.2) is 71.8 Å². The van der Waals surface area contributed by atoms with E-state index < -0.39 is 0 Å². The molecule has 0 aliphatic heterocycles. The number of carbonyl (C=O) groups is 1. The monoisotopic (exact) mass is 439 g/mol. The third-order valence-electron chi connectivity index (χ3n) is 6.07. The number of aromatic nitrogens is 1. The number of para-hydroxylation sites is 1. The maximum atomic E-state index is 12.4. The van der Waals surface area contributed by atoms with E-state index in [9.17, 15) is 4.79 Å². The Balaban J connectivity index is 1.49. The molecule has 1 N–H and O–H groups in total. The first-order valence-electron chi connectivity index (χ1n) is 11.1. The van der Waals surface area contributed by atoms with Crippen LogP contribution >= 0.6 is 0 Å². The number of hydrogen-bond donors (Lipinski definition) is 1. The highest BCUT2D eigenvalue weighted by Crippen LogP contribution is 2.26. The average Bonchev–Trinajstić information content (AvgIpc) is 3.08. The predicted octanol–water partition coefficient (Wildman–Crippen LogP) is 5.45. The second-order valence-corrected chi connectivity index (χ2v) is 8.32. The fourth-order valence-corrected chi connectivity index (χ4v) is 4.08. The molecule has 1 amide bonds. The highest BCUT2D eigenvalue weighted by molar-refractivity contribution is 6.01. The molecule has 5 heteroatoms. The molecule has 4 aromatic rings. The van der Waals surface area contributed by atoms with Crippen LogP contribution in [-0.4, -0.2) is 23.3 Å². The van der Waals surface area contributed by atoms with Crippen LogP contribution in [0, 0.1) is 27.7 Å². The minimum Gasteiger partial charge on any atom is -0.483 e. The number of hydrazone groups is 1. The first-order valence-corrected chi connectivity index (χ1v) is 11.1. The van der Waals surface area contributed by atoms with Crippen molar-refractivity contribution in [2.24, 2.45) is 5.10 Å². The van der Waals surface area contributed by atoms with Gasteiger partial charge in [-0.15, -0.1) is 0 Å². The summed E-state index contributed by atoms with van der Waals surface area (Å²) in [5.74, 6) is 0.464. The molecule has 0 atom stereocenters. The fourth-order valence-electron chi connectivity index (χ4n) is 4.08. The van der Waals surface area contributed by atoms with Gasteiger partial charge in [-0.25, -0.2) is 5.43 Å². The van der Waals surface area contributed by atoms with Gasteiger partial charge in [0, 0.05) is 28.7 Å². The summed E-state index contributed by atoms with van der Waals surface area (Å²) in [6, 6.07) is 22.7. The second-order valence-electron chi connectivity index (χ2n) is 8.32. The third kappa shape index (κ3) is 4.82. The number of fused-ring (bicyclic) bond motifs is 1. The van der Waals surface area contributed by atoms with E-state index in [1.807, 2.05) is 45.0 Å². The van der Waals surface area contributed by atoms with E-state index in [0.29, 0.717) is 0 Å². The Hall–Kier alpha value is -3.86. The van der Waals surface area contributed by atoms with Crippen molar-refractivity contribution in [2.45, 2.75) is 34.2 Å². The molecule has 0 unspecified atom stereocenters. The summed E-state index contributed by atoms with van der Waals surface area (Å²) in [6.07, 6.45) is 1.72. The van der Waals surface area contributed by atoms with E-state index in [4.69, 9.17) is 4.74 Å². The van der Waals surface area contributed by atoms with Gasteiger partial charge in [-0.3, -0.25) is 4.79 Å². The van der Waals surface area contributed by atoms with Crippen molar-refractivity contribution in [3.8, 4) is 5.75 Å². The van der Waals surface area contributed by atoms with Crippen LogP contribution in [-0.2, 0) is 11.3 Å². The molecule has 4 rings (SSSR count). The molecule has 1 heterocycles. The highest BCUT2D eigenvalue weighted by Gasteiger charge is 2.13. The molecule has 0 aliphatic carbocycles. The van der Waals surface area contributed by atoms with Gasteiger partial charge >= 0.3 is 0 Å². The van der Waals surface area contributed by atoms with Crippen LogP contribution in [0.3, 0.4) is 0 Å².